The van der Waals surface area contributed by atoms with Gasteiger partial charge in [0.15, 0.2) is 0 Å². The van der Waals surface area contributed by atoms with Crippen molar-refractivity contribution in [1.82, 2.24) is 5.01 Å². The van der Waals surface area contributed by atoms with E-state index in [-0.39, 0.29) is 0 Å². The Kier molecular flexibility index (Phi) is 9.17. The first-order valence-electron chi connectivity index (χ1n) is 5.71. The number of hydrogen-bond acceptors (Lipinski definition) is 2. The van der Waals surface area contributed by atoms with Crippen LogP contribution in [0.3, 0.4) is 0 Å². The number of rotatable bonds is 4. The van der Waals surface area contributed by atoms with Crippen LogP contribution in [-0.4, -0.2) is 24.3 Å². The lowest BCUT2D eigenvalue weighted by Gasteiger charge is -2.08. The van der Waals surface area contributed by atoms with Crippen LogP contribution in [0.15, 0.2) is 5.10 Å². The minimum Gasteiger partial charge on any atom is -0.297 e. The summed E-state index contributed by atoms with van der Waals surface area (Å²) in [5, 5.41) is 6.55. The van der Waals surface area contributed by atoms with E-state index >= 15 is 0 Å². The van der Waals surface area contributed by atoms with Crippen LogP contribution in [-0.2, 0) is 0 Å². The third kappa shape index (κ3) is 6.62. The highest BCUT2D eigenvalue weighted by Crippen LogP contribution is 2.06. The third-order valence-electron chi connectivity index (χ3n) is 2.01. The molecule has 0 saturated carbocycles. The van der Waals surface area contributed by atoms with Crippen molar-refractivity contribution in [3.63, 3.8) is 0 Å². The Morgan fingerprint density at radius 2 is 1.85 bits per heavy atom. The van der Waals surface area contributed by atoms with Crippen LogP contribution in [0.5, 0.6) is 0 Å². The number of hydrazone groups is 1. The highest BCUT2D eigenvalue weighted by Gasteiger charge is 2.06. The number of unbranched alkanes of at least 4 members (excludes halogenated alkanes) is 2. The lowest BCUT2D eigenvalue weighted by atomic mass is 10.3. The van der Waals surface area contributed by atoms with E-state index in [0.29, 0.717) is 0 Å². The normalized spacial score (nSPS) is 16.1. The maximum Gasteiger partial charge on any atom is 0.0360 e. The summed E-state index contributed by atoms with van der Waals surface area (Å²) in [5.74, 6) is 0. The fourth-order valence-corrected chi connectivity index (χ4v) is 1.28. The van der Waals surface area contributed by atoms with Gasteiger partial charge >= 0.3 is 0 Å². The predicted octanol–water partition coefficient (Wildman–Crippen LogP) is 3.28. The van der Waals surface area contributed by atoms with Crippen molar-refractivity contribution in [2.24, 2.45) is 5.10 Å². The quantitative estimate of drug-likeness (QED) is 0.483. The van der Waals surface area contributed by atoms with Crippen LogP contribution in [0.4, 0.5) is 0 Å². The molecule has 0 aromatic heterocycles. The zero-order chi connectivity index (χ0) is 9.94. The molecule has 1 aliphatic rings. The maximum atomic E-state index is 4.37. The van der Waals surface area contributed by atoms with Gasteiger partial charge in [-0.15, -0.1) is 0 Å². The van der Waals surface area contributed by atoms with Crippen LogP contribution in [0.1, 0.15) is 52.9 Å². The SMILES string of the molecule is CC.CCCC/C=N/N1CCCC1. The highest BCUT2D eigenvalue weighted by atomic mass is 15.5. The van der Waals surface area contributed by atoms with Gasteiger partial charge in [0, 0.05) is 19.3 Å². The maximum absolute atomic E-state index is 4.37. The summed E-state index contributed by atoms with van der Waals surface area (Å²) in [4.78, 5) is 0. The summed E-state index contributed by atoms with van der Waals surface area (Å²) in [5.41, 5.74) is 0. The van der Waals surface area contributed by atoms with Gasteiger partial charge in [-0.3, -0.25) is 5.01 Å². The molecule has 0 amide bonds. The summed E-state index contributed by atoms with van der Waals surface area (Å²) >= 11 is 0. The average molecular weight is 184 g/mol. The Labute approximate surface area is 83.0 Å². The first-order valence-corrected chi connectivity index (χ1v) is 5.71. The van der Waals surface area contributed by atoms with Gasteiger partial charge in [0.25, 0.3) is 0 Å². The molecule has 1 fully saturated rings. The zero-order valence-electron chi connectivity index (χ0n) is 9.42. The first-order chi connectivity index (χ1) is 6.43. The van der Waals surface area contributed by atoms with Gasteiger partial charge in [0.2, 0.25) is 0 Å². The Morgan fingerprint density at radius 1 is 1.23 bits per heavy atom. The summed E-state index contributed by atoms with van der Waals surface area (Å²) in [6.45, 7) is 8.55. The van der Waals surface area contributed by atoms with E-state index < -0.39 is 0 Å². The molecule has 0 radical (unpaired) electrons. The first kappa shape index (κ1) is 12.5. The van der Waals surface area contributed by atoms with Crippen LogP contribution >= 0.6 is 0 Å². The smallest absolute Gasteiger partial charge is 0.0360 e. The van der Waals surface area contributed by atoms with Gasteiger partial charge < -0.3 is 0 Å². The van der Waals surface area contributed by atoms with Gasteiger partial charge in [-0.25, -0.2) is 0 Å². The fourth-order valence-electron chi connectivity index (χ4n) is 1.28. The molecular weight excluding hydrogens is 160 g/mol. The van der Waals surface area contributed by atoms with E-state index in [1.165, 1.54) is 38.8 Å². The number of nitrogens with zero attached hydrogens (tertiary/aromatic N) is 2. The molecule has 0 unspecified atom stereocenters. The van der Waals surface area contributed by atoms with E-state index in [4.69, 9.17) is 0 Å². The van der Waals surface area contributed by atoms with Crippen LogP contribution in [0.2, 0.25) is 0 Å². The van der Waals surface area contributed by atoms with Crippen molar-refractivity contribution in [3.8, 4) is 0 Å². The molecule has 0 atom stereocenters. The van der Waals surface area contributed by atoms with Gasteiger partial charge in [-0.2, -0.15) is 5.10 Å². The largest absolute Gasteiger partial charge is 0.297 e. The summed E-state index contributed by atoms with van der Waals surface area (Å²) in [7, 11) is 0. The second kappa shape index (κ2) is 9.56. The van der Waals surface area contributed by atoms with E-state index in [9.17, 15) is 0 Å². The van der Waals surface area contributed by atoms with Gasteiger partial charge in [0.05, 0.1) is 0 Å². The Balaban J connectivity index is 0.000000671. The van der Waals surface area contributed by atoms with Crippen molar-refractivity contribution in [1.29, 1.82) is 0 Å². The van der Waals surface area contributed by atoms with E-state index in [1.54, 1.807) is 0 Å². The van der Waals surface area contributed by atoms with Gasteiger partial charge in [-0.05, 0) is 25.7 Å². The predicted molar refractivity (Wildman–Crippen MR) is 60.2 cm³/mol. The Hall–Kier alpha value is -0.530. The zero-order valence-corrected chi connectivity index (χ0v) is 9.42. The Bertz CT molecular complexity index is 115. The molecule has 1 heterocycles. The molecule has 0 spiro atoms. The molecule has 1 rings (SSSR count). The van der Waals surface area contributed by atoms with E-state index in [0.717, 1.165) is 6.42 Å². The monoisotopic (exact) mass is 184 g/mol. The summed E-state index contributed by atoms with van der Waals surface area (Å²) in [6.07, 6.45) is 8.40. The van der Waals surface area contributed by atoms with E-state index in [2.05, 4.69) is 23.2 Å². The minimum absolute atomic E-state index is 1.15. The van der Waals surface area contributed by atoms with Gasteiger partial charge in [0.1, 0.15) is 0 Å². The fraction of sp³-hybridized carbons (Fsp3) is 0.909. The summed E-state index contributed by atoms with van der Waals surface area (Å²) < 4.78 is 0. The molecular formula is C11H24N2. The lowest BCUT2D eigenvalue weighted by Crippen LogP contribution is -2.10. The van der Waals surface area contributed by atoms with Crippen LogP contribution < -0.4 is 0 Å². The van der Waals surface area contributed by atoms with Crippen LogP contribution in [0, 0.1) is 0 Å². The van der Waals surface area contributed by atoms with Crippen molar-refractivity contribution in [2.45, 2.75) is 52.9 Å². The van der Waals surface area contributed by atoms with Crippen molar-refractivity contribution in [2.75, 3.05) is 13.1 Å². The molecule has 0 aromatic carbocycles. The minimum atomic E-state index is 1.15. The summed E-state index contributed by atoms with van der Waals surface area (Å²) in [6, 6.07) is 0. The molecule has 0 aromatic rings. The van der Waals surface area contributed by atoms with Crippen molar-refractivity contribution in [3.05, 3.63) is 0 Å². The molecule has 13 heavy (non-hydrogen) atoms. The molecule has 1 aliphatic heterocycles. The van der Waals surface area contributed by atoms with E-state index in [1.807, 2.05) is 13.8 Å². The van der Waals surface area contributed by atoms with Crippen molar-refractivity contribution >= 4 is 6.21 Å². The lowest BCUT2D eigenvalue weighted by molar-refractivity contribution is 0.361. The van der Waals surface area contributed by atoms with Crippen molar-refractivity contribution < 1.29 is 0 Å². The second-order valence-corrected chi connectivity index (χ2v) is 3.10. The molecule has 2 nitrogen and oxygen atoms in total. The molecule has 0 aliphatic carbocycles. The second-order valence-electron chi connectivity index (χ2n) is 3.10. The highest BCUT2D eigenvalue weighted by molar-refractivity contribution is 5.56. The molecule has 0 N–H and O–H groups in total. The molecule has 2 heteroatoms. The topological polar surface area (TPSA) is 15.6 Å². The molecule has 0 bridgehead atoms. The standard InChI is InChI=1S/C9H18N2.C2H6/c1-2-3-4-7-10-11-8-5-6-9-11;1-2/h7H,2-6,8-9H2,1H3;1-2H3/b10-7+;. The molecule has 1 saturated heterocycles. The van der Waals surface area contributed by atoms with Crippen LogP contribution in [0.25, 0.3) is 0 Å². The third-order valence-corrected chi connectivity index (χ3v) is 2.01. The number of hydrogen-bond donors (Lipinski definition) is 0. The average Bonchev–Trinajstić information content (AvgIpc) is 2.68. The van der Waals surface area contributed by atoms with Gasteiger partial charge in [-0.1, -0.05) is 27.2 Å². The molecule has 78 valence electrons. The Morgan fingerprint density at radius 3 is 2.38 bits per heavy atom.